The largest absolute Gasteiger partial charge is 0.388 e. The predicted octanol–water partition coefficient (Wildman–Crippen LogP) is -0.619. The van der Waals surface area contributed by atoms with Crippen LogP contribution in [0.5, 0.6) is 0 Å². The van der Waals surface area contributed by atoms with E-state index in [2.05, 4.69) is 9.89 Å². The van der Waals surface area contributed by atoms with Gasteiger partial charge in [-0.25, -0.2) is 0 Å². The summed E-state index contributed by atoms with van der Waals surface area (Å²) >= 11 is 1.48. The van der Waals surface area contributed by atoms with E-state index in [1.807, 2.05) is 0 Å². The molecule has 3 rings (SSSR count). The topological polar surface area (TPSA) is 85.5 Å². The predicted molar refractivity (Wildman–Crippen MR) is 72.0 cm³/mol. The normalized spacial score (nSPS) is 42.7. The van der Waals surface area contributed by atoms with E-state index >= 15 is 0 Å². The summed E-state index contributed by atoms with van der Waals surface area (Å²) in [5.74, 6) is 0. The second kappa shape index (κ2) is 4.60. The molecule has 108 valence electrons. The van der Waals surface area contributed by atoms with E-state index in [1.165, 1.54) is 11.8 Å². The molecule has 6 nitrogen and oxygen atoms in total. The first-order chi connectivity index (χ1) is 8.88. The quantitative estimate of drug-likeness (QED) is 0.596. The minimum absolute atomic E-state index is 0.328. The maximum absolute atomic E-state index is 10.2. The second-order valence-electron chi connectivity index (χ2n) is 5.92. The van der Waals surface area contributed by atoms with E-state index in [0.29, 0.717) is 0 Å². The van der Waals surface area contributed by atoms with Crippen molar-refractivity contribution in [1.82, 2.24) is 4.90 Å². The summed E-state index contributed by atoms with van der Waals surface area (Å²) in [4.78, 5) is 6.61. The van der Waals surface area contributed by atoms with Crippen LogP contribution in [-0.4, -0.2) is 73.9 Å². The summed E-state index contributed by atoms with van der Waals surface area (Å²) in [5, 5.41) is 31.2. The average molecular weight is 288 g/mol. The molecule has 2 fully saturated rings. The number of aliphatic hydroxyl groups is 3. The highest BCUT2D eigenvalue weighted by Crippen LogP contribution is 2.40. The number of rotatable bonds is 1. The van der Waals surface area contributed by atoms with E-state index in [9.17, 15) is 15.3 Å². The van der Waals surface area contributed by atoms with Crippen LogP contribution in [-0.2, 0) is 4.74 Å². The zero-order valence-corrected chi connectivity index (χ0v) is 11.9. The van der Waals surface area contributed by atoms with Crippen molar-refractivity contribution in [3.8, 4) is 0 Å². The van der Waals surface area contributed by atoms with E-state index in [0.717, 1.165) is 24.7 Å². The lowest BCUT2D eigenvalue weighted by Crippen LogP contribution is -2.61. The van der Waals surface area contributed by atoms with Crippen molar-refractivity contribution in [3.63, 3.8) is 0 Å². The first-order valence-corrected chi connectivity index (χ1v) is 7.49. The number of likely N-dealkylation sites (tertiary alicyclic amines) is 1. The summed E-state index contributed by atoms with van der Waals surface area (Å²) in [7, 11) is 0. The minimum atomic E-state index is -1.20. The molecule has 0 radical (unpaired) electrons. The summed E-state index contributed by atoms with van der Waals surface area (Å²) in [5.41, 5.74) is -1.53. The molecular weight excluding hydrogens is 268 g/mol. The van der Waals surface area contributed by atoms with Crippen LogP contribution in [0.2, 0.25) is 0 Å². The Bertz CT molecular complexity index is 394. The van der Waals surface area contributed by atoms with Crippen LogP contribution < -0.4 is 0 Å². The van der Waals surface area contributed by atoms with E-state index < -0.39 is 30.0 Å². The Labute approximate surface area is 116 Å². The van der Waals surface area contributed by atoms with Crippen molar-refractivity contribution in [2.24, 2.45) is 4.99 Å². The number of hydrogen-bond acceptors (Lipinski definition) is 7. The molecule has 19 heavy (non-hydrogen) atoms. The summed E-state index contributed by atoms with van der Waals surface area (Å²) in [6.45, 7) is 5.12. The van der Waals surface area contributed by atoms with Gasteiger partial charge in [0.1, 0.15) is 29.8 Å². The number of fused-ring (bicyclic) bond motifs is 1. The monoisotopic (exact) mass is 288 g/mol. The zero-order valence-electron chi connectivity index (χ0n) is 11.1. The van der Waals surface area contributed by atoms with Gasteiger partial charge < -0.3 is 25.0 Å². The highest BCUT2D eigenvalue weighted by molar-refractivity contribution is 8.14. The molecule has 0 saturated carbocycles. The molecule has 0 bridgehead atoms. The summed E-state index contributed by atoms with van der Waals surface area (Å²) in [6, 6.07) is -0.450. The Morgan fingerprint density at radius 1 is 1.32 bits per heavy atom. The Kier molecular flexibility index (Phi) is 3.30. The molecule has 3 aliphatic rings. The Balaban J connectivity index is 1.77. The Morgan fingerprint density at radius 2 is 2.00 bits per heavy atom. The number of aliphatic hydroxyl groups excluding tert-OH is 2. The number of nitrogens with zero attached hydrogens (tertiary/aromatic N) is 2. The van der Waals surface area contributed by atoms with Gasteiger partial charge in [0.25, 0.3) is 0 Å². The molecule has 0 aromatic heterocycles. The standard InChI is InChI=1S/C12H20N2O4S/c1-12(2,17)9-8(16)7(15)6-10(18-9)19-11(13-6)14-4-3-5-14/h6-10,15-17H,3-5H2,1-2H3/t6-,7-,8?,9?,10?/m1/s1. The van der Waals surface area contributed by atoms with Crippen molar-refractivity contribution in [2.75, 3.05) is 13.1 Å². The third kappa shape index (κ3) is 2.27. The molecule has 0 amide bonds. The van der Waals surface area contributed by atoms with Crippen LogP contribution in [0, 0.1) is 0 Å². The number of amidine groups is 1. The molecule has 7 heteroatoms. The molecule has 0 aromatic rings. The SMILES string of the molecule is CC(C)(O)C1OC2SC(N3CCC3)=N[C@@H]2[C@@H](O)C1O. The lowest BCUT2D eigenvalue weighted by molar-refractivity contribution is -0.208. The molecule has 0 aromatic carbocycles. The van der Waals surface area contributed by atoms with Crippen molar-refractivity contribution >= 4 is 16.9 Å². The molecule has 3 unspecified atom stereocenters. The lowest BCUT2D eigenvalue weighted by atomic mass is 9.88. The number of ether oxygens (including phenoxy) is 1. The molecule has 3 aliphatic heterocycles. The van der Waals surface area contributed by atoms with Crippen molar-refractivity contribution in [1.29, 1.82) is 0 Å². The number of thioether (sulfide) groups is 1. The third-order valence-corrected chi connectivity index (χ3v) is 5.07. The first kappa shape index (κ1) is 13.6. The highest BCUT2D eigenvalue weighted by atomic mass is 32.2. The van der Waals surface area contributed by atoms with Gasteiger partial charge in [0.05, 0.1) is 5.60 Å². The molecule has 5 atom stereocenters. The van der Waals surface area contributed by atoms with Crippen LogP contribution >= 0.6 is 11.8 Å². The van der Waals surface area contributed by atoms with Gasteiger partial charge in [-0.2, -0.15) is 0 Å². The van der Waals surface area contributed by atoms with Crippen LogP contribution in [0.3, 0.4) is 0 Å². The van der Waals surface area contributed by atoms with Crippen molar-refractivity contribution < 1.29 is 20.1 Å². The number of aliphatic imine (C=N–C) groups is 1. The van der Waals surface area contributed by atoms with Crippen molar-refractivity contribution in [3.05, 3.63) is 0 Å². The van der Waals surface area contributed by atoms with Gasteiger partial charge in [-0.15, -0.1) is 0 Å². The van der Waals surface area contributed by atoms with Gasteiger partial charge in [-0.05, 0) is 20.3 Å². The fourth-order valence-electron chi connectivity index (χ4n) is 2.59. The molecule has 3 heterocycles. The van der Waals surface area contributed by atoms with Gasteiger partial charge in [0, 0.05) is 13.1 Å². The maximum atomic E-state index is 10.2. The molecule has 0 aliphatic carbocycles. The van der Waals surface area contributed by atoms with Crippen LogP contribution in [0.1, 0.15) is 20.3 Å². The Hall–Kier alpha value is -0.340. The molecule has 2 saturated heterocycles. The molecule has 3 N–H and O–H groups in total. The van der Waals surface area contributed by atoms with Gasteiger partial charge in [-0.3, -0.25) is 4.99 Å². The summed E-state index contributed by atoms with van der Waals surface area (Å²) in [6.07, 6.45) is -1.77. The maximum Gasteiger partial charge on any atom is 0.162 e. The first-order valence-electron chi connectivity index (χ1n) is 6.61. The van der Waals surface area contributed by atoms with Crippen molar-refractivity contribution in [2.45, 2.75) is 55.7 Å². The highest BCUT2D eigenvalue weighted by Gasteiger charge is 2.52. The van der Waals surface area contributed by atoms with E-state index in [4.69, 9.17) is 4.74 Å². The second-order valence-corrected chi connectivity index (χ2v) is 6.99. The van der Waals surface area contributed by atoms with Crippen LogP contribution in [0.15, 0.2) is 4.99 Å². The van der Waals surface area contributed by atoms with Gasteiger partial charge in [0.15, 0.2) is 5.17 Å². The van der Waals surface area contributed by atoms with E-state index in [-0.39, 0.29) is 5.44 Å². The Morgan fingerprint density at radius 3 is 2.53 bits per heavy atom. The fraction of sp³-hybridized carbons (Fsp3) is 0.917. The van der Waals surface area contributed by atoms with Gasteiger partial charge in [-0.1, -0.05) is 11.8 Å². The zero-order chi connectivity index (χ0) is 13.8. The minimum Gasteiger partial charge on any atom is -0.388 e. The van der Waals surface area contributed by atoms with Crippen LogP contribution in [0.25, 0.3) is 0 Å². The van der Waals surface area contributed by atoms with Gasteiger partial charge >= 0.3 is 0 Å². The lowest BCUT2D eigenvalue weighted by Gasteiger charge is -2.43. The fourth-order valence-corrected chi connectivity index (χ4v) is 3.85. The summed E-state index contributed by atoms with van der Waals surface area (Å²) < 4.78 is 5.77. The molecular formula is C12H20N2O4S. The number of hydrogen-bond donors (Lipinski definition) is 3. The van der Waals surface area contributed by atoms with Gasteiger partial charge in [0.2, 0.25) is 0 Å². The smallest absolute Gasteiger partial charge is 0.162 e. The van der Waals surface area contributed by atoms with E-state index in [1.54, 1.807) is 13.8 Å². The average Bonchev–Trinajstić information content (AvgIpc) is 2.63. The molecule has 0 spiro atoms. The van der Waals surface area contributed by atoms with Crippen LogP contribution in [0.4, 0.5) is 0 Å². The third-order valence-electron chi connectivity index (χ3n) is 3.87.